The molecule has 3 rings (SSSR count). The number of nitrogens with zero attached hydrogens (tertiary/aromatic N) is 2. The van der Waals surface area contributed by atoms with Crippen LogP contribution in [-0.4, -0.2) is 49.7 Å². The van der Waals surface area contributed by atoms with Gasteiger partial charge in [0, 0.05) is 31.7 Å². The topological polar surface area (TPSA) is 57.7 Å². The molecule has 0 saturated carbocycles. The molecule has 1 aliphatic rings. The van der Waals surface area contributed by atoms with Crippen LogP contribution in [0.15, 0.2) is 53.4 Å². The summed E-state index contributed by atoms with van der Waals surface area (Å²) in [5.74, 6) is 0.299. The number of halogens is 1. The summed E-state index contributed by atoms with van der Waals surface area (Å²) in [5, 5.41) is 0.135. The molecule has 0 atom stereocenters. The number of amides is 1. The zero-order chi connectivity index (χ0) is 21.0. The molecule has 2 aromatic rings. The quantitative estimate of drug-likeness (QED) is 0.677. The second-order valence-corrected chi connectivity index (χ2v) is 9.53. The normalized spacial score (nSPS) is 15.7. The first-order chi connectivity index (χ1) is 13.9. The fourth-order valence-electron chi connectivity index (χ4n) is 3.86. The van der Waals surface area contributed by atoms with Crippen molar-refractivity contribution in [3.05, 3.63) is 64.7 Å². The van der Waals surface area contributed by atoms with Gasteiger partial charge in [0.25, 0.3) is 5.91 Å². The van der Waals surface area contributed by atoms with Gasteiger partial charge in [-0.25, -0.2) is 8.42 Å². The molecule has 0 radical (unpaired) electrons. The van der Waals surface area contributed by atoms with Crippen LogP contribution in [0.2, 0.25) is 5.02 Å². The molecule has 1 amide bonds. The van der Waals surface area contributed by atoms with Crippen molar-refractivity contribution in [1.82, 2.24) is 9.21 Å². The zero-order valence-corrected chi connectivity index (χ0v) is 18.4. The van der Waals surface area contributed by atoms with Crippen molar-refractivity contribution in [3.63, 3.8) is 0 Å². The molecule has 0 aliphatic carbocycles. The minimum atomic E-state index is -3.73. The molecule has 1 aliphatic heterocycles. The predicted octanol–water partition coefficient (Wildman–Crippen LogP) is 4.39. The van der Waals surface area contributed by atoms with E-state index in [0.717, 1.165) is 12.8 Å². The number of hydrogen-bond acceptors (Lipinski definition) is 3. The average Bonchev–Trinajstić information content (AvgIpc) is 2.75. The van der Waals surface area contributed by atoms with E-state index in [0.29, 0.717) is 37.7 Å². The summed E-state index contributed by atoms with van der Waals surface area (Å²) in [5.41, 5.74) is 1.66. The van der Waals surface area contributed by atoms with Crippen LogP contribution in [-0.2, 0) is 10.0 Å². The van der Waals surface area contributed by atoms with Crippen LogP contribution < -0.4 is 0 Å². The van der Waals surface area contributed by atoms with Crippen LogP contribution in [0.1, 0.15) is 48.5 Å². The summed E-state index contributed by atoms with van der Waals surface area (Å²) in [6.45, 7) is 5.56. The first-order valence-electron chi connectivity index (χ1n) is 10.0. The van der Waals surface area contributed by atoms with E-state index in [4.69, 9.17) is 11.6 Å². The molecule has 5 nitrogen and oxygen atoms in total. The van der Waals surface area contributed by atoms with Gasteiger partial charge in [-0.2, -0.15) is 4.31 Å². The predicted molar refractivity (Wildman–Crippen MR) is 116 cm³/mol. The highest BCUT2D eigenvalue weighted by molar-refractivity contribution is 7.89. The smallest absolute Gasteiger partial charge is 0.253 e. The molecule has 1 saturated heterocycles. The number of rotatable bonds is 6. The van der Waals surface area contributed by atoms with Gasteiger partial charge in [0.1, 0.15) is 4.90 Å². The Morgan fingerprint density at radius 2 is 1.69 bits per heavy atom. The lowest BCUT2D eigenvalue weighted by atomic mass is 9.89. The maximum atomic E-state index is 13.0. The average molecular weight is 435 g/mol. The SMILES string of the molecule is CCN(CC)S(=O)(=O)c1cc(C(=O)N2CCC(c3ccccc3)CC2)ccc1Cl. The number of piperidine rings is 1. The summed E-state index contributed by atoms with van der Waals surface area (Å²) in [6.07, 6.45) is 1.79. The Labute approximate surface area is 178 Å². The first-order valence-corrected chi connectivity index (χ1v) is 11.8. The monoisotopic (exact) mass is 434 g/mol. The van der Waals surface area contributed by atoms with E-state index in [1.165, 1.54) is 22.0 Å². The Balaban J connectivity index is 1.77. The fourth-order valence-corrected chi connectivity index (χ4v) is 5.82. The molecule has 0 bridgehead atoms. The Bertz CT molecular complexity index is 951. The van der Waals surface area contributed by atoms with E-state index in [1.54, 1.807) is 24.8 Å². The van der Waals surface area contributed by atoms with Gasteiger partial charge in [-0.1, -0.05) is 55.8 Å². The van der Waals surface area contributed by atoms with Crippen molar-refractivity contribution >= 4 is 27.5 Å². The summed E-state index contributed by atoms with van der Waals surface area (Å²) < 4.78 is 27.1. The maximum Gasteiger partial charge on any atom is 0.253 e. The second kappa shape index (κ2) is 9.28. The highest BCUT2D eigenvalue weighted by Crippen LogP contribution is 2.30. The molecule has 2 aromatic carbocycles. The molecule has 1 heterocycles. The summed E-state index contributed by atoms with van der Waals surface area (Å²) in [6, 6.07) is 14.9. The fraction of sp³-hybridized carbons (Fsp3) is 0.409. The van der Waals surface area contributed by atoms with Crippen LogP contribution in [0, 0.1) is 0 Å². The van der Waals surface area contributed by atoms with E-state index in [1.807, 2.05) is 18.2 Å². The highest BCUT2D eigenvalue weighted by Gasteiger charge is 2.28. The highest BCUT2D eigenvalue weighted by atomic mass is 35.5. The van der Waals surface area contributed by atoms with Crippen molar-refractivity contribution < 1.29 is 13.2 Å². The molecule has 29 heavy (non-hydrogen) atoms. The van der Waals surface area contributed by atoms with Gasteiger partial charge < -0.3 is 4.90 Å². The summed E-state index contributed by atoms with van der Waals surface area (Å²) in [4.78, 5) is 14.8. The third-order valence-corrected chi connectivity index (χ3v) is 8.09. The van der Waals surface area contributed by atoms with Crippen molar-refractivity contribution in [2.24, 2.45) is 0 Å². The van der Waals surface area contributed by atoms with Gasteiger partial charge in [-0.3, -0.25) is 4.79 Å². The van der Waals surface area contributed by atoms with Crippen LogP contribution in [0.25, 0.3) is 0 Å². The first kappa shape index (κ1) is 21.8. The van der Waals surface area contributed by atoms with Gasteiger partial charge in [0.2, 0.25) is 10.0 Å². The third-order valence-electron chi connectivity index (χ3n) is 5.55. The standard InChI is InChI=1S/C22H27ClN2O3S/c1-3-25(4-2)29(27,28)21-16-19(10-11-20(21)23)22(26)24-14-12-18(13-15-24)17-8-6-5-7-9-17/h5-11,16,18H,3-4,12-15H2,1-2H3. The largest absolute Gasteiger partial charge is 0.339 e. The Morgan fingerprint density at radius 3 is 2.28 bits per heavy atom. The molecule has 156 valence electrons. The van der Waals surface area contributed by atoms with E-state index in [9.17, 15) is 13.2 Å². The Hall–Kier alpha value is -1.89. The van der Waals surface area contributed by atoms with E-state index in [-0.39, 0.29) is 15.8 Å². The van der Waals surface area contributed by atoms with Gasteiger partial charge in [0.15, 0.2) is 0 Å². The zero-order valence-electron chi connectivity index (χ0n) is 16.8. The Morgan fingerprint density at radius 1 is 1.07 bits per heavy atom. The lowest BCUT2D eigenvalue weighted by Gasteiger charge is -2.32. The molecular weight excluding hydrogens is 408 g/mol. The number of hydrogen-bond donors (Lipinski definition) is 0. The second-order valence-electron chi connectivity index (χ2n) is 7.21. The Kier molecular flexibility index (Phi) is 6.98. The minimum absolute atomic E-state index is 0.00659. The van der Waals surface area contributed by atoms with Crippen molar-refractivity contribution in [2.75, 3.05) is 26.2 Å². The summed E-state index contributed by atoms with van der Waals surface area (Å²) >= 11 is 6.19. The number of likely N-dealkylation sites (tertiary alicyclic amines) is 1. The van der Waals surface area contributed by atoms with Crippen LogP contribution >= 0.6 is 11.6 Å². The van der Waals surface area contributed by atoms with Crippen molar-refractivity contribution in [3.8, 4) is 0 Å². The molecule has 0 unspecified atom stereocenters. The molecular formula is C22H27ClN2O3S. The van der Waals surface area contributed by atoms with Gasteiger partial charge in [0.05, 0.1) is 5.02 Å². The van der Waals surface area contributed by atoms with Crippen LogP contribution in [0.3, 0.4) is 0 Å². The number of benzene rings is 2. The molecule has 1 fully saturated rings. The van der Waals surface area contributed by atoms with Crippen LogP contribution in [0.4, 0.5) is 0 Å². The van der Waals surface area contributed by atoms with Gasteiger partial charge >= 0.3 is 0 Å². The minimum Gasteiger partial charge on any atom is -0.339 e. The van der Waals surface area contributed by atoms with E-state index < -0.39 is 10.0 Å². The number of carbonyl (C=O) groups excluding carboxylic acids is 1. The molecule has 7 heteroatoms. The van der Waals surface area contributed by atoms with Gasteiger partial charge in [-0.15, -0.1) is 0 Å². The van der Waals surface area contributed by atoms with Crippen molar-refractivity contribution in [1.29, 1.82) is 0 Å². The lowest BCUT2D eigenvalue weighted by Crippen LogP contribution is -2.38. The maximum absolute atomic E-state index is 13.0. The lowest BCUT2D eigenvalue weighted by molar-refractivity contribution is 0.0712. The van der Waals surface area contributed by atoms with Crippen LogP contribution in [0.5, 0.6) is 0 Å². The van der Waals surface area contributed by atoms with E-state index in [2.05, 4.69) is 12.1 Å². The molecule has 0 spiro atoms. The van der Waals surface area contributed by atoms with Crippen molar-refractivity contribution in [2.45, 2.75) is 37.5 Å². The molecule has 0 N–H and O–H groups in total. The number of carbonyl (C=O) groups is 1. The number of sulfonamides is 1. The summed E-state index contributed by atoms with van der Waals surface area (Å²) in [7, 11) is -3.73. The third kappa shape index (κ3) is 4.65. The molecule has 0 aromatic heterocycles. The van der Waals surface area contributed by atoms with Gasteiger partial charge in [-0.05, 0) is 42.5 Å². The van der Waals surface area contributed by atoms with E-state index >= 15 is 0 Å².